The predicted octanol–water partition coefficient (Wildman–Crippen LogP) is 1.75. The fourth-order valence-corrected chi connectivity index (χ4v) is 1.02. The van der Waals surface area contributed by atoms with Crippen molar-refractivity contribution in [3.63, 3.8) is 0 Å². The first kappa shape index (κ1) is 9.27. The minimum atomic E-state index is -0.880. The average molecular weight is 175 g/mol. The van der Waals surface area contributed by atoms with E-state index in [9.17, 15) is 4.79 Å². The molecule has 0 amide bonds. The van der Waals surface area contributed by atoms with Crippen molar-refractivity contribution in [1.82, 2.24) is 0 Å². The SMILES string of the molecule is C[C@H](C(=O)O)c1cccc(C#N)c1. The molecule has 3 heteroatoms. The number of carboxylic acids is 1. The number of carboxylic acid groups (broad SMARTS) is 1. The highest BCUT2D eigenvalue weighted by atomic mass is 16.4. The zero-order valence-corrected chi connectivity index (χ0v) is 7.19. The van der Waals surface area contributed by atoms with Crippen molar-refractivity contribution in [2.75, 3.05) is 0 Å². The molecule has 0 bridgehead atoms. The minimum absolute atomic E-state index is 0.491. The van der Waals surface area contributed by atoms with E-state index in [1.165, 1.54) is 0 Å². The quantitative estimate of drug-likeness (QED) is 0.744. The Hall–Kier alpha value is -1.82. The summed E-state index contributed by atoms with van der Waals surface area (Å²) in [5, 5.41) is 17.3. The maximum absolute atomic E-state index is 10.6. The van der Waals surface area contributed by atoms with Gasteiger partial charge in [-0.05, 0) is 24.6 Å². The Labute approximate surface area is 76.2 Å². The van der Waals surface area contributed by atoms with Crippen LogP contribution in [0.15, 0.2) is 24.3 Å². The zero-order valence-electron chi connectivity index (χ0n) is 7.19. The van der Waals surface area contributed by atoms with E-state index in [-0.39, 0.29) is 0 Å². The van der Waals surface area contributed by atoms with Gasteiger partial charge in [0.25, 0.3) is 0 Å². The van der Waals surface area contributed by atoms with Crippen LogP contribution in [0.3, 0.4) is 0 Å². The van der Waals surface area contributed by atoms with Gasteiger partial charge in [-0.1, -0.05) is 12.1 Å². The first-order valence-electron chi connectivity index (χ1n) is 3.88. The van der Waals surface area contributed by atoms with Crippen LogP contribution in [0.2, 0.25) is 0 Å². The summed E-state index contributed by atoms with van der Waals surface area (Å²) in [5.41, 5.74) is 1.15. The van der Waals surface area contributed by atoms with Gasteiger partial charge in [0, 0.05) is 0 Å². The molecular formula is C10H9NO2. The molecule has 66 valence electrons. The van der Waals surface area contributed by atoms with E-state index in [1.54, 1.807) is 31.2 Å². The largest absolute Gasteiger partial charge is 0.481 e. The van der Waals surface area contributed by atoms with E-state index in [0.717, 1.165) is 0 Å². The number of benzene rings is 1. The molecule has 1 atom stereocenters. The van der Waals surface area contributed by atoms with Crippen LogP contribution in [0.5, 0.6) is 0 Å². The molecule has 1 N–H and O–H groups in total. The third-order valence-electron chi connectivity index (χ3n) is 1.89. The second-order valence-electron chi connectivity index (χ2n) is 2.80. The van der Waals surface area contributed by atoms with Crippen molar-refractivity contribution in [1.29, 1.82) is 5.26 Å². The minimum Gasteiger partial charge on any atom is -0.481 e. The van der Waals surface area contributed by atoms with Crippen LogP contribution in [0.4, 0.5) is 0 Å². The summed E-state index contributed by atoms with van der Waals surface area (Å²) >= 11 is 0. The summed E-state index contributed by atoms with van der Waals surface area (Å²) in [6.07, 6.45) is 0. The van der Waals surface area contributed by atoms with Crippen molar-refractivity contribution < 1.29 is 9.90 Å². The first-order chi connectivity index (χ1) is 6.15. The summed E-state index contributed by atoms with van der Waals surface area (Å²) in [7, 11) is 0. The van der Waals surface area contributed by atoms with E-state index in [4.69, 9.17) is 10.4 Å². The van der Waals surface area contributed by atoms with Crippen LogP contribution in [-0.2, 0) is 4.79 Å². The van der Waals surface area contributed by atoms with Gasteiger partial charge < -0.3 is 5.11 Å². The van der Waals surface area contributed by atoms with E-state index in [2.05, 4.69) is 0 Å². The Kier molecular flexibility index (Phi) is 2.65. The fraction of sp³-hybridized carbons (Fsp3) is 0.200. The summed E-state index contributed by atoms with van der Waals surface area (Å²) in [5.74, 6) is -1.44. The molecule has 0 radical (unpaired) electrons. The van der Waals surface area contributed by atoms with Crippen LogP contribution >= 0.6 is 0 Å². The maximum atomic E-state index is 10.6. The van der Waals surface area contributed by atoms with Crippen LogP contribution < -0.4 is 0 Å². The lowest BCUT2D eigenvalue weighted by atomic mass is 10.00. The van der Waals surface area contributed by atoms with Gasteiger partial charge in [-0.25, -0.2) is 0 Å². The highest BCUT2D eigenvalue weighted by Crippen LogP contribution is 2.16. The average Bonchev–Trinajstić information content (AvgIpc) is 2.16. The second-order valence-corrected chi connectivity index (χ2v) is 2.80. The summed E-state index contributed by atoms with van der Waals surface area (Å²) in [6.45, 7) is 1.60. The van der Waals surface area contributed by atoms with Crippen LogP contribution in [0, 0.1) is 11.3 Å². The molecule has 13 heavy (non-hydrogen) atoms. The molecule has 0 aliphatic heterocycles. The molecule has 0 spiro atoms. The third-order valence-corrected chi connectivity index (χ3v) is 1.89. The van der Waals surface area contributed by atoms with Gasteiger partial charge >= 0.3 is 5.97 Å². The summed E-state index contributed by atoms with van der Waals surface area (Å²) < 4.78 is 0. The molecule has 1 aromatic rings. The Morgan fingerprint density at radius 1 is 1.62 bits per heavy atom. The van der Waals surface area contributed by atoms with Crippen molar-refractivity contribution in [3.05, 3.63) is 35.4 Å². The van der Waals surface area contributed by atoms with Crippen molar-refractivity contribution >= 4 is 5.97 Å². The third kappa shape index (κ3) is 2.06. The Morgan fingerprint density at radius 3 is 2.85 bits per heavy atom. The van der Waals surface area contributed by atoms with Gasteiger partial charge in [0.15, 0.2) is 0 Å². The number of aliphatic carboxylic acids is 1. The van der Waals surface area contributed by atoms with Crippen LogP contribution in [-0.4, -0.2) is 11.1 Å². The molecule has 3 nitrogen and oxygen atoms in total. The van der Waals surface area contributed by atoms with Crippen molar-refractivity contribution in [2.45, 2.75) is 12.8 Å². The molecule has 0 saturated heterocycles. The lowest BCUT2D eigenvalue weighted by Gasteiger charge is -2.05. The highest BCUT2D eigenvalue weighted by molar-refractivity contribution is 5.75. The van der Waals surface area contributed by atoms with E-state index in [0.29, 0.717) is 11.1 Å². The van der Waals surface area contributed by atoms with Gasteiger partial charge in [0.2, 0.25) is 0 Å². The van der Waals surface area contributed by atoms with Crippen LogP contribution in [0.1, 0.15) is 24.0 Å². The molecule has 0 aromatic heterocycles. The number of nitrogens with zero attached hydrogens (tertiary/aromatic N) is 1. The zero-order chi connectivity index (χ0) is 9.84. The first-order valence-corrected chi connectivity index (χ1v) is 3.88. The van der Waals surface area contributed by atoms with Gasteiger partial charge in [0.05, 0.1) is 17.6 Å². The van der Waals surface area contributed by atoms with E-state index >= 15 is 0 Å². The maximum Gasteiger partial charge on any atom is 0.310 e. The summed E-state index contributed by atoms with van der Waals surface area (Å²) in [4.78, 5) is 10.6. The van der Waals surface area contributed by atoms with E-state index in [1.807, 2.05) is 6.07 Å². The molecule has 0 saturated carbocycles. The standard InChI is InChI=1S/C10H9NO2/c1-7(10(12)13)9-4-2-3-8(5-9)6-11/h2-5,7H,1H3,(H,12,13)/t7-/m0/s1. The molecule has 0 aliphatic carbocycles. The molecule has 0 aliphatic rings. The monoisotopic (exact) mass is 175 g/mol. The normalized spacial score (nSPS) is 11.7. The second kappa shape index (κ2) is 3.72. The highest BCUT2D eigenvalue weighted by Gasteiger charge is 2.13. The number of rotatable bonds is 2. The van der Waals surface area contributed by atoms with Crippen LogP contribution in [0.25, 0.3) is 0 Å². The fourth-order valence-electron chi connectivity index (χ4n) is 1.02. The van der Waals surface area contributed by atoms with Gasteiger partial charge in [-0.15, -0.1) is 0 Å². The van der Waals surface area contributed by atoms with Crippen molar-refractivity contribution in [3.8, 4) is 6.07 Å². The molecule has 0 unspecified atom stereocenters. The molecule has 0 fully saturated rings. The lowest BCUT2D eigenvalue weighted by molar-refractivity contribution is -0.138. The number of hydrogen-bond donors (Lipinski definition) is 1. The van der Waals surface area contributed by atoms with Crippen molar-refractivity contribution in [2.24, 2.45) is 0 Å². The molecule has 1 rings (SSSR count). The van der Waals surface area contributed by atoms with Gasteiger partial charge in [-0.3, -0.25) is 4.79 Å². The Bertz CT molecular complexity index is 365. The lowest BCUT2D eigenvalue weighted by Crippen LogP contribution is -2.07. The van der Waals surface area contributed by atoms with Gasteiger partial charge in [0.1, 0.15) is 0 Å². The smallest absolute Gasteiger partial charge is 0.310 e. The predicted molar refractivity (Wildman–Crippen MR) is 47.2 cm³/mol. The Morgan fingerprint density at radius 2 is 2.31 bits per heavy atom. The number of carbonyl (C=O) groups is 1. The molecular weight excluding hydrogens is 166 g/mol. The van der Waals surface area contributed by atoms with Gasteiger partial charge in [-0.2, -0.15) is 5.26 Å². The number of hydrogen-bond acceptors (Lipinski definition) is 2. The topological polar surface area (TPSA) is 61.1 Å². The molecule has 0 heterocycles. The number of nitriles is 1. The molecule has 1 aromatic carbocycles. The summed E-state index contributed by atoms with van der Waals surface area (Å²) in [6, 6.07) is 8.61. The Balaban J connectivity index is 3.03. The van der Waals surface area contributed by atoms with E-state index < -0.39 is 11.9 Å².